The molecule has 3 rings (SSSR count). The van der Waals surface area contributed by atoms with Crippen LogP contribution in [0.4, 0.5) is 13.2 Å². The van der Waals surface area contributed by atoms with Gasteiger partial charge in [0.15, 0.2) is 6.29 Å². The van der Waals surface area contributed by atoms with E-state index in [9.17, 15) is 21.6 Å². The van der Waals surface area contributed by atoms with Gasteiger partial charge in [-0.05, 0) is 31.3 Å². The molecule has 154 valence electrons. The van der Waals surface area contributed by atoms with Gasteiger partial charge in [0.2, 0.25) is 0 Å². The number of hydrogen-bond donors (Lipinski definition) is 0. The Morgan fingerprint density at radius 3 is 2.44 bits per heavy atom. The highest BCUT2D eigenvalue weighted by molar-refractivity contribution is 7.87. The van der Waals surface area contributed by atoms with E-state index < -0.39 is 38.7 Å². The van der Waals surface area contributed by atoms with Crippen molar-refractivity contribution >= 4 is 10.1 Å². The average Bonchev–Trinajstić information content (AvgIpc) is 2.86. The second-order valence-corrected chi connectivity index (χ2v) is 9.86. The Kier molecular flexibility index (Phi) is 4.57. The molecule has 0 amide bonds. The molecule has 2 aliphatic carbocycles. The van der Waals surface area contributed by atoms with Gasteiger partial charge in [0.25, 0.3) is 0 Å². The first-order valence-corrected chi connectivity index (χ1v) is 10.2. The summed E-state index contributed by atoms with van der Waals surface area (Å²) in [5, 5.41) is 0. The molecule has 1 saturated heterocycles. The molecular weight excluding hydrogens is 385 g/mol. The Balaban J connectivity index is 2.10. The molecule has 0 spiro atoms. The predicted molar refractivity (Wildman–Crippen MR) is 91.6 cm³/mol. The van der Waals surface area contributed by atoms with E-state index in [0.29, 0.717) is 6.42 Å². The third kappa shape index (κ3) is 2.61. The lowest BCUT2D eigenvalue weighted by atomic mass is 9.53. The minimum Gasteiger partial charge on any atom is -0.381 e. The highest BCUT2D eigenvalue weighted by atomic mass is 32.2. The van der Waals surface area contributed by atoms with Crippen LogP contribution in [0, 0.1) is 28.6 Å². The first kappa shape index (κ1) is 20.7. The molecule has 9 heteroatoms. The molecule has 5 nitrogen and oxygen atoms in total. The van der Waals surface area contributed by atoms with Gasteiger partial charge in [-0.25, -0.2) is 0 Å². The Morgan fingerprint density at radius 2 is 1.96 bits per heavy atom. The summed E-state index contributed by atoms with van der Waals surface area (Å²) >= 11 is 0. The van der Waals surface area contributed by atoms with Crippen molar-refractivity contribution in [2.45, 2.75) is 52.0 Å². The quantitative estimate of drug-likeness (QED) is 0.399. The number of rotatable bonds is 4. The summed E-state index contributed by atoms with van der Waals surface area (Å²) in [6, 6.07) is 0. The fraction of sp³-hybridized carbons (Fsp3) is 0.778. The van der Waals surface area contributed by atoms with Gasteiger partial charge in [0.05, 0.1) is 6.10 Å². The summed E-state index contributed by atoms with van der Waals surface area (Å²) in [7, 11) is -4.29. The summed E-state index contributed by atoms with van der Waals surface area (Å²) in [5.74, 6) is -0.713. The van der Waals surface area contributed by atoms with Crippen molar-refractivity contribution in [3.05, 3.63) is 24.0 Å². The van der Waals surface area contributed by atoms with E-state index in [4.69, 9.17) is 9.47 Å². The number of halogens is 3. The lowest BCUT2D eigenvalue weighted by Gasteiger charge is -2.50. The molecule has 1 aliphatic heterocycles. The van der Waals surface area contributed by atoms with E-state index in [2.05, 4.69) is 10.8 Å². The fourth-order valence-corrected chi connectivity index (χ4v) is 5.89. The Bertz CT molecular complexity index is 789. The highest BCUT2D eigenvalue weighted by Crippen LogP contribution is 2.70. The van der Waals surface area contributed by atoms with Crippen molar-refractivity contribution in [2.24, 2.45) is 28.6 Å². The molecule has 0 aromatic rings. The standard InChI is InChI=1S/C18H25F3O5S/c1-9(2)11-7-12-13(26-27(22,23)18(19,20)21)8-16(4)15(24-6)25-14(10(11)3)17(12,16)5/h8,10-12,14-15H,1,7H2,2-6H3/t10-,11-,12+,14+,15?,16+,17-/m0/s1. The summed E-state index contributed by atoms with van der Waals surface area (Å²) in [5.41, 5.74) is -6.09. The van der Waals surface area contributed by atoms with Gasteiger partial charge < -0.3 is 13.7 Å². The van der Waals surface area contributed by atoms with Crippen LogP contribution in [0.1, 0.15) is 34.1 Å². The van der Waals surface area contributed by atoms with Crippen molar-refractivity contribution in [1.29, 1.82) is 0 Å². The summed E-state index contributed by atoms with van der Waals surface area (Å²) in [6.45, 7) is 11.6. The van der Waals surface area contributed by atoms with E-state index in [1.807, 2.05) is 27.7 Å². The zero-order valence-corrected chi connectivity index (χ0v) is 16.8. The van der Waals surface area contributed by atoms with Gasteiger partial charge >= 0.3 is 15.6 Å². The first-order chi connectivity index (χ1) is 12.2. The SMILES string of the molecule is C=C(C)[C@@H]1C[C@@H]2C(OS(=O)(=O)C(F)(F)F)=C[C@]3(C)C(OC)O[C@H]([C@H]1C)[C@]23C. The molecule has 3 aliphatic rings. The Morgan fingerprint density at radius 1 is 1.37 bits per heavy atom. The number of alkyl halides is 3. The Hall–Kier alpha value is -1.06. The van der Waals surface area contributed by atoms with Gasteiger partial charge in [0, 0.05) is 23.9 Å². The number of ether oxygens (including phenoxy) is 2. The maximum absolute atomic E-state index is 12.9. The molecule has 0 radical (unpaired) electrons. The van der Waals surface area contributed by atoms with Crippen LogP contribution in [0.3, 0.4) is 0 Å². The lowest BCUT2D eigenvalue weighted by molar-refractivity contribution is -0.158. The summed E-state index contributed by atoms with van der Waals surface area (Å²) in [6.07, 6.45) is 0.857. The molecule has 1 heterocycles. The maximum Gasteiger partial charge on any atom is 0.534 e. The van der Waals surface area contributed by atoms with Crippen molar-refractivity contribution in [1.82, 2.24) is 0 Å². The normalized spacial score (nSPS) is 44.0. The van der Waals surface area contributed by atoms with Gasteiger partial charge in [0.1, 0.15) is 5.76 Å². The van der Waals surface area contributed by atoms with Gasteiger partial charge in [-0.1, -0.05) is 32.9 Å². The highest BCUT2D eigenvalue weighted by Gasteiger charge is 2.72. The average molecular weight is 410 g/mol. The van der Waals surface area contributed by atoms with E-state index in [1.165, 1.54) is 13.2 Å². The lowest BCUT2D eigenvalue weighted by Crippen LogP contribution is -2.52. The van der Waals surface area contributed by atoms with Gasteiger partial charge in [-0.15, -0.1) is 0 Å². The smallest absolute Gasteiger partial charge is 0.381 e. The van der Waals surface area contributed by atoms with E-state index in [1.54, 1.807) is 0 Å². The van der Waals surface area contributed by atoms with Crippen LogP contribution in [-0.4, -0.2) is 33.4 Å². The van der Waals surface area contributed by atoms with Crippen molar-refractivity contribution < 1.29 is 35.2 Å². The molecule has 1 unspecified atom stereocenters. The van der Waals surface area contributed by atoms with Gasteiger partial charge in [-0.2, -0.15) is 21.6 Å². The van der Waals surface area contributed by atoms with Crippen molar-refractivity contribution in [3.63, 3.8) is 0 Å². The Labute approximate surface area is 157 Å². The van der Waals surface area contributed by atoms with Crippen LogP contribution >= 0.6 is 0 Å². The molecule has 7 atom stereocenters. The molecule has 2 fully saturated rings. The number of allylic oxidation sites excluding steroid dienone is 2. The molecular formula is C18H25F3O5S. The van der Waals surface area contributed by atoms with Gasteiger partial charge in [-0.3, -0.25) is 0 Å². The van der Waals surface area contributed by atoms with Crippen LogP contribution < -0.4 is 0 Å². The predicted octanol–water partition coefficient (Wildman–Crippen LogP) is 3.98. The molecule has 0 aromatic carbocycles. The second-order valence-electron chi connectivity index (χ2n) is 8.32. The van der Waals surface area contributed by atoms with E-state index in [0.717, 1.165) is 5.57 Å². The third-order valence-corrected chi connectivity index (χ3v) is 7.94. The van der Waals surface area contributed by atoms with Crippen LogP contribution in [0.25, 0.3) is 0 Å². The summed E-state index contributed by atoms with van der Waals surface area (Å²) in [4.78, 5) is 0. The van der Waals surface area contributed by atoms with Crippen LogP contribution in [0.2, 0.25) is 0 Å². The second kappa shape index (κ2) is 5.97. The van der Waals surface area contributed by atoms with Crippen LogP contribution in [0.5, 0.6) is 0 Å². The van der Waals surface area contributed by atoms with E-state index >= 15 is 0 Å². The maximum atomic E-state index is 12.9. The number of methoxy groups -OCH3 is 1. The minimum atomic E-state index is -5.75. The van der Waals surface area contributed by atoms with Crippen LogP contribution in [0.15, 0.2) is 24.0 Å². The monoisotopic (exact) mass is 410 g/mol. The molecule has 1 saturated carbocycles. The molecule has 0 aromatic heterocycles. The zero-order chi connectivity index (χ0) is 20.6. The zero-order valence-electron chi connectivity index (χ0n) is 16.0. The van der Waals surface area contributed by atoms with E-state index in [-0.39, 0.29) is 23.7 Å². The third-order valence-electron chi connectivity index (χ3n) is 6.96. The topological polar surface area (TPSA) is 61.8 Å². The molecule has 0 N–H and O–H groups in total. The van der Waals surface area contributed by atoms with Crippen molar-refractivity contribution in [3.8, 4) is 0 Å². The van der Waals surface area contributed by atoms with Crippen LogP contribution in [-0.2, 0) is 23.8 Å². The molecule has 0 bridgehead atoms. The first-order valence-electron chi connectivity index (χ1n) is 8.78. The number of hydrogen-bond acceptors (Lipinski definition) is 5. The molecule has 27 heavy (non-hydrogen) atoms. The fourth-order valence-electron chi connectivity index (χ4n) is 5.38. The largest absolute Gasteiger partial charge is 0.534 e. The summed E-state index contributed by atoms with van der Waals surface area (Å²) < 4.78 is 78.3. The minimum absolute atomic E-state index is 0.0355. The van der Waals surface area contributed by atoms with Crippen molar-refractivity contribution in [2.75, 3.05) is 7.11 Å².